The fraction of sp³-hybridized carbons (Fsp3) is 0.421. The van der Waals surface area contributed by atoms with Crippen molar-refractivity contribution >= 4 is 15.8 Å². The lowest BCUT2D eigenvalue weighted by molar-refractivity contribution is -0.148. The average molecular weight is 406 g/mol. The van der Waals surface area contributed by atoms with Crippen molar-refractivity contribution in [2.45, 2.75) is 41.9 Å². The molecule has 0 aliphatic heterocycles. The summed E-state index contributed by atoms with van der Waals surface area (Å²) in [5, 5.41) is 0. The van der Waals surface area contributed by atoms with Crippen LogP contribution in [0.1, 0.15) is 31.4 Å². The van der Waals surface area contributed by atoms with Gasteiger partial charge in [-0.1, -0.05) is 31.0 Å². The van der Waals surface area contributed by atoms with Gasteiger partial charge in [-0.3, -0.25) is 18.7 Å². The van der Waals surface area contributed by atoms with Crippen molar-refractivity contribution in [2.75, 3.05) is 0 Å². The monoisotopic (exact) mass is 406 g/mol. The Kier molecular flexibility index (Phi) is 5.29. The third kappa shape index (κ3) is 3.19. The van der Waals surface area contributed by atoms with E-state index in [0.29, 0.717) is 12.8 Å². The fourth-order valence-corrected chi connectivity index (χ4v) is 5.61. The summed E-state index contributed by atoms with van der Waals surface area (Å²) in [6, 6.07) is 9.05. The Morgan fingerprint density at radius 3 is 2.29 bits per heavy atom. The first kappa shape index (κ1) is 20.1. The summed E-state index contributed by atoms with van der Waals surface area (Å²) in [7, 11) is -1.14. The lowest BCUT2D eigenvalue weighted by Crippen LogP contribution is -2.45. The molecule has 0 saturated heterocycles. The van der Waals surface area contributed by atoms with E-state index < -0.39 is 31.8 Å². The van der Waals surface area contributed by atoms with Gasteiger partial charge in [-0.2, -0.15) is 0 Å². The van der Waals surface area contributed by atoms with E-state index in [2.05, 4.69) is 0 Å². The molecule has 1 aromatic heterocycles. The van der Waals surface area contributed by atoms with Gasteiger partial charge in [-0.05, 0) is 25.0 Å². The first-order chi connectivity index (χ1) is 13.2. The predicted octanol–water partition coefficient (Wildman–Crippen LogP) is 0.914. The Morgan fingerprint density at radius 1 is 1.07 bits per heavy atom. The molecule has 0 amide bonds. The van der Waals surface area contributed by atoms with Crippen molar-refractivity contribution in [3.63, 3.8) is 0 Å². The maximum atomic E-state index is 13.2. The summed E-state index contributed by atoms with van der Waals surface area (Å²) >= 11 is 0. The van der Waals surface area contributed by atoms with E-state index in [1.54, 1.807) is 18.2 Å². The van der Waals surface area contributed by atoms with Crippen LogP contribution in [0.3, 0.4) is 0 Å². The maximum Gasteiger partial charge on any atom is 0.330 e. The molecular formula is C19H22N2O6S. The summed E-state index contributed by atoms with van der Waals surface area (Å²) in [6.45, 7) is -0.354. The Morgan fingerprint density at radius 2 is 1.68 bits per heavy atom. The summed E-state index contributed by atoms with van der Waals surface area (Å²) in [5.41, 5.74) is -0.876. The number of ether oxygens (including phenoxy) is 1. The molecule has 150 valence electrons. The van der Waals surface area contributed by atoms with Crippen molar-refractivity contribution < 1.29 is 17.9 Å². The summed E-state index contributed by atoms with van der Waals surface area (Å²) in [4.78, 5) is 36.9. The smallest absolute Gasteiger partial charge is 0.330 e. The zero-order valence-electron chi connectivity index (χ0n) is 15.8. The van der Waals surface area contributed by atoms with Gasteiger partial charge in [-0.15, -0.1) is 0 Å². The van der Waals surface area contributed by atoms with Crippen LogP contribution in [0.2, 0.25) is 0 Å². The lowest BCUT2D eigenvalue weighted by Gasteiger charge is -2.26. The Bertz CT molecular complexity index is 1110. The topological polar surface area (TPSA) is 104 Å². The van der Waals surface area contributed by atoms with Gasteiger partial charge in [0.2, 0.25) is 0 Å². The van der Waals surface area contributed by atoms with Crippen molar-refractivity contribution in [1.82, 2.24) is 9.13 Å². The molecule has 28 heavy (non-hydrogen) atoms. The molecule has 1 fully saturated rings. The summed E-state index contributed by atoms with van der Waals surface area (Å²) in [5.74, 6) is -0.845. The molecule has 1 saturated carbocycles. The minimum absolute atomic E-state index is 0.0785. The van der Waals surface area contributed by atoms with Crippen LogP contribution in [0.5, 0.6) is 0 Å². The Balaban J connectivity index is 1.92. The molecular weight excluding hydrogens is 384 g/mol. The predicted molar refractivity (Wildman–Crippen MR) is 102 cm³/mol. The normalized spacial score (nSPS) is 16.1. The minimum Gasteiger partial charge on any atom is -0.458 e. The standard InChI is InChI=1S/C19H22N2O6S/c1-20-14(12-16(22)21(2)18(20)24)13-27-17(23)19(10-6-7-11-19)28(25,26)15-8-4-3-5-9-15/h3-5,8-9,12H,6-7,10-11,13H2,1-2H3. The van der Waals surface area contributed by atoms with Crippen LogP contribution in [0.4, 0.5) is 0 Å². The highest BCUT2D eigenvalue weighted by Gasteiger charge is 2.54. The quantitative estimate of drug-likeness (QED) is 0.684. The number of benzene rings is 1. The second-order valence-electron chi connectivity index (χ2n) is 6.97. The number of rotatable bonds is 5. The molecule has 1 aromatic carbocycles. The molecule has 8 nitrogen and oxygen atoms in total. The average Bonchev–Trinajstić information content (AvgIpc) is 3.20. The van der Waals surface area contributed by atoms with Crippen molar-refractivity contribution in [1.29, 1.82) is 0 Å². The SMILES string of the molecule is Cn1c(COC(=O)C2(S(=O)(=O)c3ccccc3)CCCC2)cc(=O)n(C)c1=O. The molecule has 0 unspecified atom stereocenters. The van der Waals surface area contributed by atoms with Gasteiger partial charge in [0.05, 0.1) is 10.6 Å². The number of sulfone groups is 1. The van der Waals surface area contributed by atoms with Gasteiger partial charge >= 0.3 is 11.7 Å². The molecule has 0 radical (unpaired) electrons. The Hall–Kier alpha value is -2.68. The number of hydrogen-bond donors (Lipinski definition) is 0. The number of esters is 1. The highest BCUT2D eigenvalue weighted by Crippen LogP contribution is 2.41. The molecule has 9 heteroatoms. The molecule has 1 heterocycles. The first-order valence-corrected chi connectivity index (χ1v) is 10.4. The van der Waals surface area contributed by atoms with Gasteiger partial charge in [0.25, 0.3) is 5.56 Å². The molecule has 0 N–H and O–H groups in total. The molecule has 2 aromatic rings. The van der Waals surface area contributed by atoms with E-state index in [4.69, 9.17) is 4.74 Å². The van der Waals surface area contributed by atoms with E-state index in [9.17, 15) is 22.8 Å². The molecule has 1 aliphatic rings. The van der Waals surface area contributed by atoms with Crippen LogP contribution in [-0.2, 0) is 40.1 Å². The lowest BCUT2D eigenvalue weighted by atomic mass is 10.1. The van der Waals surface area contributed by atoms with Gasteiger partial charge in [-0.25, -0.2) is 13.2 Å². The maximum absolute atomic E-state index is 13.2. The zero-order valence-corrected chi connectivity index (χ0v) is 16.6. The highest BCUT2D eigenvalue weighted by molar-refractivity contribution is 7.93. The van der Waals surface area contributed by atoms with Crippen LogP contribution < -0.4 is 11.2 Å². The van der Waals surface area contributed by atoms with Gasteiger partial charge in [0, 0.05) is 20.2 Å². The van der Waals surface area contributed by atoms with E-state index in [1.807, 2.05) is 0 Å². The van der Waals surface area contributed by atoms with E-state index in [-0.39, 0.29) is 30.0 Å². The van der Waals surface area contributed by atoms with E-state index in [0.717, 1.165) is 4.57 Å². The number of aromatic nitrogens is 2. The third-order valence-electron chi connectivity index (χ3n) is 5.33. The molecule has 1 aliphatic carbocycles. The van der Waals surface area contributed by atoms with Crippen molar-refractivity contribution in [3.8, 4) is 0 Å². The Labute approximate surface area is 162 Å². The van der Waals surface area contributed by atoms with Crippen molar-refractivity contribution in [2.24, 2.45) is 14.1 Å². The number of hydrogen-bond acceptors (Lipinski definition) is 6. The van der Waals surface area contributed by atoms with Crippen LogP contribution in [0.25, 0.3) is 0 Å². The summed E-state index contributed by atoms with van der Waals surface area (Å²) < 4.78 is 32.3. The second-order valence-corrected chi connectivity index (χ2v) is 9.23. The third-order valence-corrected chi connectivity index (χ3v) is 7.82. The van der Waals surface area contributed by atoms with Gasteiger partial charge in [0.1, 0.15) is 6.61 Å². The van der Waals surface area contributed by atoms with Crippen LogP contribution in [0.15, 0.2) is 50.9 Å². The molecule has 0 atom stereocenters. The van der Waals surface area contributed by atoms with Gasteiger partial charge in [0.15, 0.2) is 14.6 Å². The minimum atomic E-state index is -3.95. The number of carbonyl (C=O) groups is 1. The van der Waals surface area contributed by atoms with Gasteiger partial charge < -0.3 is 4.74 Å². The van der Waals surface area contributed by atoms with Crippen LogP contribution >= 0.6 is 0 Å². The second kappa shape index (κ2) is 7.38. The number of carbonyl (C=O) groups excluding carboxylic acids is 1. The molecule has 3 rings (SSSR count). The highest BCUT2D eigenvalue weighted by atomic mass is 32.2. The molecule has 0 bridgehead atoms. The van der Waals surface area contributed by atoms with Crippen LogP contribution in [0, 0.1) is 0 Å². The number of nitrogens with zero attached hydrogens (tertiary/aromatic N) is 2. The van der Waals surface area contributed by atoms with E-state index in [1.165, 1.54) is 36.9 Å². The zero-order chi connectivity index (χ0) is 20.5. The fourth-order valence-electron chi connectivity index (χ4n) is 3.54. The van der Waals surface area contributed by atoms with E-state index >= 15 is 0 Å². The summed E-state index contributed by atoms with van der Waals surface area (Å²) in [6.07, 6.45) is 1.56. The van der Waals surface area contributed by atoms with Crippen molar-refractivity contribution in [3.05, 3.63) is 62.9 Å². The molecule has 0 spiro atoms. The first-order valence-electron chi connectivity index (χ1n) is 8.93. The van der Waals surface area contributed by atoms with Crippen LogP contribution in [-0.4, -0.2) is 28.3 Å². The largest absolute Gasteiger partial charge is 0.458 e.